The van der Waals surface area contributed by atoms with E-state index in [9.17, 15) is 14.4 Å². The van der Waals surface area contributed by atoms with Crippen LogP contribution in [0.1, 0.15) is 22.8 Å². The first-order valence-corrected chi connectivity index (χ1v) is 7.18. The number of esters is 1. The van der Waals surface area contributed by atoms with Crippen molar-refractivity contribution in [3.63, 3.8) is 0 Å². The van der Waals surface area contributed by atoms with Crippen LogP contribution < -0.4 is 0 Å². The Hall–Kier alpha value is -3.15. The molecule has 0 unspecified atom stereocenters. The van der Waals surface area contributed by atoms with Crippen molar-refractivity contribution < 1.29 is 24.2 Å². The molecule has 1 aliphatic heterocycles. The second-order valence-corrected chi connectivity index (χ2v) is 5.14. The quantitative estimate of drug-likeness (QED) is 0.509. The van der Waals surface area contributed by atoms with Crippen molar-refractivity contribution in [2.45, 2.75) is 6.92 Å². The molecular formula is C18H17NO5. The number of aromatic carboxylic acids is 1. The Morgan fingerprint density at radius 3 is 2.42 bits per heavy atom. The molecule has 0 saturated carbocycles. The number of rotatable bonds is 5. The second-order valence-electron chi connectivity index (χ2n) is 5.14. The fraction of sp³-hybridized carbons (Fsp3) is 0.167. The SMILES string of the molecule is C=CCN1C(=O)/C(=C\c2ccc(C(=O)O)cc2)C(C(=O)OC)=C1C. The fourth-order valence-electron chi connectivity index (χ4n) is 2.47. The Balaban J connectivity index is 2.49. The highest BCUT2D eigenvalue weighted by Gasteiger charge is 2.36. The van der Waals surface area contributed by atoms with E-state index in [4.69, 9.17) is 9.84 Å². The van der Waals surface area contributed by atoms with Crippen molar-refractivity contribution in [1.29, 1.82) is 0 Å². The van der Waals surface area contributed by atoms with Crippen LogP contribution in [-0.2, 0) is 14.3 Å². The van der Waals surface area contributed by atoms with Gasteiger partial charge in [-0.3, -0.25) is 4.79 Å². The van der Waals surface area contributed by atoms with Crippen molar-refractivity contribution in [3.05, 3.63) is 64.9 Å². The summed E-state index contributed by atoms with van der Waals surface area (Å²) in [6.07, 6.45) is 3.12. The standard InChI is InChI=1S/C18H17NO5/c1-4-9-19-11(2)15(18(23)24-3)14(16(19)20)10-12-5-7-13(8-6-12)17(21)22/h4-8,10H,1,9H2,2-3H3,(H,21,22)/b14-10-. The minimum absolute atomic E-state index is 0.142. The number of amides is 1. The molecule has 0 saturated heterocycles. The van der Waals surface area contributed by atoms with E-state index in [0.29, 0.717) is 11.3 Å². The highest BCUT2D eigenvalue weighted by Crippen LogP contribution is 2.31. The van der Waals surface area contributed by atoms with E-state index in [-0.39, 0.29) is 29.2 Å². The van der Waals surface area contributed by atoms with E-state index in [1.165, 1.54) is 24.1 Å². The molecule has 1 N–H and O–H groups in total. The fourth-order valence-corrected chi connectivity index (χ4v) is 2.47. The highest BCUT2D eigenvalue weighted by atomic mass is 16.5. The first kappa shape index (κ1) is 17.2. The molecular weight excluding hydrogens is 310 g/mol. The molecule has 0 fully saturated rings. The Labute approximate surface area is 139 Å². The van der Waals surface area contributed by atoms with E-state index in [1.807, 2.05) is 0 Å². The molecule has 2 rings (SSSR count). The summed E-state index contributed by atoms with van der Waals surface area (Å²) in [5, 5.41) is 8.92. The zero-order valence-corrected chi connectivity index (χ0v) is 13.4. The van der Waals surface area contributed by atoms with Crippen molar-refractivity contribution in [2.24, 2.45) is 0 Å². The van der Waals surface area contributed by atoms with Crippen molar-refractivity contribution >= 4 is 23.9 Å². The van der Waals surface area contributed by atoms with Crippen LogP contribution >= 0.6 is 0 Å². The molecule has 1 heterocycles. The summed E-state index contributed by atoms with van der Waals surface area (Å²) in [7, 11) is 1.25. The van der Waals surface area contributed by atoms with E-state index < -0.39 is 11.9 Å². The third-order valence-corrected chi connectivity index (χ3v) is 3.68. The number of ether oxygens (including phenoxy) is 1. The molecule has 0 spiro atoms. The van der Waals surface area contributed by atoms with Gasteiger partial charge in [0.05, 0.1) is 23.8 Å². The van der Waals surface area contributed by atoms with Crippen LogP contribution in [-0.4, -0.2) is 41.5 Å². The third kappa shape index (κ3) is 3.12. The number of hydrogen-bond acceptors (Lipinski definition) is 4. The minimum atomic E-state index is -1.03. The monoisotopic (exact) mass is 327 g/mol. The Morgan fingerprint density at radius 2 is 1.92 bits per heavy atom. The molecule has 124 valence electrons. The molecule has 0 radical (unpaired) electrons. The molecule has 1 aromatic rings. The number of carbonyl (C=O) groups is 3. The maximum atomic E-state index is 12.6. The lowest BCUT2D eigenvalue weighted by molar-refractivity contribution is -0.136. The molecule has 1 aromatic carbocycles. The van der Waals surface area contributed by atoms with Gasteiger partial charge < -0.3 is 14.7 Å². The smallest absolute Gasteiger partial charge is 0.340 e. The summed E-state index contributed by atoms with van der Waals surface area (Å²) in [5.41, 5.74) is 1.66. The average Bonchev–Trinajstić information content (AvgIpc) is 2.79. The third-order valence-electron chi connectivity index (χ3n) is 3.68. The number of nitrogens with zero attached hydrogens (tertiary/aromatic N) is 1. The van der Waals surface area contributed by atoms with Gasteiger partial charge in [-0.1, -0.05) is 18.2 Å². The van der Waals surface area contributed by atoms with Gasteiger partial charge in [-0.15, -0.1) is 6.58 Å². The van der Waals surface area contributed by atoms with E-state index in [1.54, 1.807) is 31.2 Å². The van der Waals surface area contributed by atoms with Gasteiger partial charge >= 0.3 is 11.9 Å². The predicted octanol–water partition coefficient (Wildman–Crippen LogP) is 2.24. The molecule has 1 amide bonds. The lowest BCUT2D eigenvalue weighted by Crippen LogP contribution is -2.24. The maximum Gasteiger partial charge on any atom is 0.340 e. The largest absolute Gasteiger partial charge is 0.478 e. The molecule has 6 heteroatoms. The van der Waals surface area contributed by atoms with Crippen LogP contribution in [0.3, 0.4) is 0 Å². The summed E-state index contributed by atoms with van der Waals surface area (Å²) in [6, 6.07) is 6.02. The zero-order chi connectivity index (χ0) is 17.9. The minimum Gasteiger partial charge on any atom is -0.478 e. The summed E-state index contributed by atoms with van der Waals surface area (Å²) >= 11 is 0. The van der Waals surface area contributed by atoms with Gasteiger partial charge in [0.1, 0.15) is 0 Å². The molecule has 0 atom stereocenters. The molecule has 0 bridgehead atoms. The van der Waals surface area contributed by atoms with Crippen molar-refractivity contribution in [1.82, 2.24) is 4.90 Å². The first-order chi connectivity index (χ1) is 11.4. The van der Waals surface area contributed by atoms with Gasteiger partial charge in [0.15, 0.2) is 0 Å². The van der Waals surface area contributed by atoms with Gasteiger partial charge in [-0.2, -0.15) is 0 Å². The Morgan fingerprint density at radius 1 is 1.29 bits per heavy atom. The first-order valence-electron chi connectivity index (χ1n) is 7.18. The summed E-state index contributed by atoms with van der Waals surface area (Å²) in [4.78, 5) is 37.0. The van der Waals surface area contributed by atoms with Crippen LogP contribution in [0.4, 0.5) is 0 Å². The van der Waals surface area contributed by atoms with Gasteiger partial charge in [-0.05, 0) is 30.7 Å². The number of carboxylic acids is 1. The van der Waals surface area contributed by atoms with Gasteiger partial charge in [0.25, 0.3) is 5.91 Å². The van der Waals surface area contributed by atoms with Gasteiger partial charge in [-0.25, -0.2) is 9.59 Å². The lowest BCUT2D eigenvalue weighted by Gasteiger charge is -2.14. The van der Waals surface area contributed by atoms with Crippen molar-refractivity contribution in [3.8, 4) is 0 Å². The molecule has 0 aliphatic carbocycles. The molecule has 24 heavy (non-hydrogen) atoms. The van der Waals surface area contributed by atoms with Crippen LogP contribution in [0.15, 0.2) is 53.8 Å². The van der Waals surface area contributed by atoms with E-state index in [0.717, 1.165) is 0 Å². The predicted molar refractivity (Wildman–Crippen MR) is 88.0 cm³/mol. The topological polar surface area (TPSA) is 83.9 Å². The number of methoxy groups -OCH3 is 1. The summed E-state index contributed by atoms with van der Waals surface area (Å²) in [6.45, 7) is 5.56. The van der Waals surface area contributed by atoms with E-state index in [2.05, 4.69) is 6.58 Å². The van der Waals surface area contributed by atoms with Crippen molar-refractivity contribution in [2.75, 3.05) is 13.7 Å². The Kier molecular flexibility index (Phi) is 4.99. The molecule has 1 aliphatic rings. The highest BCUT2D eigenvalue weighted by molar-refractivity contribution is 6.16. The lowest BCUT2D eigenvalue weighted by atomic mass is 10.0. The number of carbonyl (C=O) groups excluding carboxylic acids is 2. The number of allylic oxidation sites excluding steroid dienone is 1. The van der Waals surface area contributed by atoms with Gasteiger partial charge in [0, 0.05) is 12.2 Å². The van der Waals surface area contributed by atoms with Crippen LogP contribution in [0.5, 0.6) is 0 Å². The van der Waals surface area contributed by atoms with Crippen LogP contribution in [0.25, 0.3) is 6.08 Å². The maximum absolute atomic E-state index is 12.6. The average molecular weight is 327 g/mol. The zero-order valence-electron chi connectivity index (χ0n) is 13.4. The van der Waals surface area contributed by atoms with Crippen LogP contribution in [0.2, 0.25) is 0 Å². The normalized spacial score (nSPS) is 15.8. The number of benzene rings is 1. The number of carboxylic acid groups (broad SMARTS) is 1. The Bertz CT molecular complexity index is 771. The molecule has 0 aromatic heterocycles. The molecule has 6 nitrogen and oxygen atoms in total. The summed E-state index contributed by atoms with van der Waals surface area (Å²) in [5.74, 6) is -1.95. The number of hydrogen-bond donors (Lipinski definition) is 1. The summed E-state index contributed by atoms with van der Waals surface area (Å²) < 4.78 is 4.78. The van der Waals surface area contributed by atoms with Gasteiger partial charge in [0.2, 0.25) is 0 Å². The van der Waals surface area contributed by atoms with E-state index >= 15 is 0 Å². The second kappa shape index (κ2) is 6.95. The van der Waals surface area contributed by atoms with Crippen LogP contribution in [0, 0.1) is 0 Å².